The number of carbonyl (C=O) groups excluding carboxylic acids is 2. The fraction of sp³-hybridized carbons (Fsp3) is 0.300. The molecule has 2 rings (SSSR count). The second kappa shape index (κ2) is 9.87. The molecule has 5 nitrogen and oxygen atoms in total. The van der Waals surface area contributed by atoms with Crippen LogP contribution in [0.15, 0.2) is 59.5 Å². The van der Waals surface area contributed by atoms with Crippen molar-refractivity contribution in [2.45, 2.75) is 36.6 Å². The van der Waals surface area contributed by atoms with Crippen LogP contribution >= 0.6 is 11.8 Å². The first-order chi connectivity index (χ1) is 12.5. The average molecular weight is 373 g/mol. The molecule has 0 heterocycles. The minimum absolute atomic E-state index is 0.328. The quantitative estimate of drug-likeness (QED) is 0.567. The molecule has 1 amide bonds. The molecule has 138 valence electrons. The SMILES string of the molecule is COc1ccc(CNC(=O)[C@H](C)OC(=O)[C@@H](C)Sc2ccccc2)cc1. The molecule has 2 aromatic rings. The molecule has 0 radical (unpaired) electrons. The Balaban J connectivity index is 1.78. The summed E-state index contributed by atoms with van der Waals surface area (Å²) >= 11 is 1.40. The van der Waals surface area contributed by atoms with Gasteiger partial charge in [-0.05, 0) is 43.7 Å². The van der Waals surface area contributed by atoms with E-state index in [2.05, 4.69) is 5.32 Å². The largest absolute Gasteiger partial charge is 0.497 e. The molecule has 0 aliphatic heterocycles. The molecular formula is C20H23NO4S. The highest BCUT2D eigenvalue weighted by molar-refractivity contribution is 8.00. The lowest BCUT2D eigenvalue weighted by Crippen LogP contribution is -2.36. The Kier molecular flexibility index (Phi) is 7.53. The van der Waals surface area contributed by atoms with E-state index >= 15 is 0 Å². The Morgan fingerprint density at radius 3 is 2.31 bits per heavy atom. The Hall–Kier alpha value is -2.47. The third kappa shape index (κ3) is 6.11. The summed E-state index contributed by atoms with van der Waals surface area (Å²) in [6.07, 6.45) is -0.848. The van der Waals surface area contributed by atoms with Crippen LogP contribution < -0.4 is 10.1 Å². The smallest absolute Gasteiger partial charge is 0.319 e. The maximum Gasteiger partial charge on any atom is 0.319 e. The van der Waals surface area contributed by atoms with Crippen LogP contribution in [0.4, 0.5) is 0 Å². The van der Waals surface area contributed by atoms with Gasteiger partial charge in [0.2, 0.25) is 0 Å². The van der Waals surface area contributed by atoms with Gasteiger partial charge in [-0.15, -0.1) is 11.8 Å². The highest BCUT2D eigenvalue weighted by Gasteiger charge is 2.22. The van der Waals surface area contributed by atoms with Crippen molar-refractivity contribution in [1.82, 2.24) is 5.32 Å². The van der Waals surface area contributed by atoms with Gasteiger partial charge in [0.25, 0.3) is 5.91 Å². The molecule has 0 aliphatic carbocycles. The van der Waals surface area contributed by atoms with Crippen molar-refractivity contribution in [3.05, 3.63) is 60.2 Å². The first-order valence-electron chi connectivity index (χ1n) is 8.32. The van der Waals surface area contributed by atoms with Gasteiger partial charge in [-0.1, -0.05) is 30.3 Å². The Bertz CT molecular complexity index is 718. The predicted molar refractivity (Wildman–Crippen MR) is 102 cm³/mol. The van der Waals surface area contributed by atoms with Gasteiger partial charge in [-0.25, -0.2) is 0 Å². The lowest BCUT2D eigenvalue weighted by molar-refractivity contribution is -0.154. The van der Waals surface area contributed by atoms with E-state index in [9.17, 15) is 9.59 Å². The lowest BCUT2D eigenvalue weighted by atomic mass is 10.2. The molecule has 0 aromatic heterocycles. The number of hydrogen-bond donors (Lipinski definition) is 1. The summed E-state index contributed by atoms with van der Waals surface area (Å²) < 4.78 is 10.4. The van der Waals surface area contributed by atoms with E-state index in [1.165, 1.54) is 11.8 Å². The number of esters is 1. The van der Waals surface area contributed by atoms with Gasteiger partial charge in [0, 0.05) is 11.4 Å². The summed E-state index contributed by atoms with van der Waals surface area (Å²) in [4.78, 5) is 25.3. The molecule has 6 heteroatoms. The van der Waals surface area contributed by atoms with Crippen molar-refractivity contribution < 1.29 is 19.1 Å². The van der Waals surface area contributed by atoms with E-state index in [1.54, 1.807) is 21.0 Å². The number of rotatable bonds is 8. The monoisotopic (exact) mass is 373 g/mol. The summed E-state index contributed by atoms with van der Waals surface area (Å²) in [7, 11) is 1.60. The second-order valence-electron chi connectivity index (χ2n) is 5.72. The van der Waals surface area contributed by atoms with Crippen LogP contribution in [0, 0.1) is 0 Å². The molecule has 0 saturated heterocycles. The Morgan fingerprint density at radius 1 is 1.04 bits per heavy atom. The van der Waals surface area contributed by atoms with Crippen LogP contribution in [0.3, 0.4) is 0 Å². The molecule has 0 aliphatic rings. The van der Waals surface area contributed by atoms with E-state index in [1.807, 2.05) is 54.6 Å². The molecular weight excluding hydrogens is 350 g/mol. The van der Waals surface area contributed by atoms with Crippen molar-refractivity contribution in [1.29, 1.82) is 0 Å². The molecule has 0 bridgehead atoms. The van der Waals surface area contributed by atoms with Gasteiger partial charge in [-0.2, -0.15) is 0 Å². The molecule has 2 atom stereocenters. The van der Waals surface area contributed by atoms with Gasteiger partial charge in [0.15, 0.2) is 6.10 Å². The molecule has 2 aromatic carbocycles. The molecule has 26 heavy (non-hydrogen) atoms. The topological polar surface area (TPSA) is 64.6 Å². The number of ether oxygens (including phenoxy) is 2. The standard InChI is InChI=1S/C20H23NO4S/c1-14(19(22)21-13-16-9-11-17(24-3)12-10-16)25-20(23)15(2)26-18-7-5-4-6-8-18/h4-12,14-15H,13H2,1-3H3,(H,21,22)/t14-,15+/m0/s1. The summed E-state index contributed by atoms with van der Waals surface area (Å²) in [5.41, 5.74) is 0.936. The van der Waals surface area contributed by atoms with Crippen molar-refractivity contribution in [2.75, 3.05) is 7.11 Å². The van der Waals surface area contributed by atoms with E-state index in [4.69, 9.17) is 9.47 Å². The third-order valence-electron chi connectivity index (χ3n) is 3.68. The zero-order valence-corrected chi connectivity index (χ0v) is 15.9. The van der Waals surface area contributed by atoms with Crippen molar-refractivity contribution in [3.8, 4) is 5.75 Å². The summed E-state index contributed by atoms with van der Waals surface area (Å²) in [6.45, 7) is 3.70. The van der Waals surface area contributed by atoms with Gasteiger partial charge >= 0.3 is 5.97 Å². The Morgan fingerprint density at radius 2 is 1.69 bits per heavy atom. The summed E-state index contributed by atoms with van der Waals surface area (Å²) in [5, 5.41) is 2.37. The summed E-state index contributed by atoms with van der Waals surface area (Å²) in [5.74, 6) is 0.0179. The minimum atomic E-state index is -0.848. The maximum atomic E-state index is 12.2. The van der Waals surface area contributed by atoms with Gasteiger partial charge in [0.1, 0.15) is 11.0 Å². The number of hydrogen-bond acceptors (Lipinski definition) is 5. The molecule has 0 spiro atoms. The van der Waals surface area contributed by atoms with Crippen molar-refractivity contribution in [2.24, 2.45) is 0 Å². The number of methoxy groups -OCH3 is 1. The normalized spacial score (nSPS) is 12.7. The van der Waals surface area contributed by atoms with Crippen molar-refractivity contribution in [3.63, 3.8) is 0 Å². The zero-order valence-electron chi connectivity index (χ0n) is 15.1. The fourth-order valence-electron chi connectivity index (χ4n) is 2.15. The van der Waals surface area contributed by atoms with E-state index in [-0.39, 0.29) is 5.91 Å². The number of amides is 1. The second-order valence-corrected chi connectivity index (χ2v) is 7.13. The highest BCUT2D eigenvalue weighted by atomic mass is 32.2. The highest BCUT2D eigenvalue weighted by Crippen LogP contribution is 2.23. The number of nitrogens with one attached hydrogen (secondary N) is 1. The van der Waals surface area contributed by atoms with Crippen LogP contribution in [0.2, 0.25) is 0 Å². The van der Waals surface area contributed by atoms with Gasteiger partial charge < -0.3 is 14.8 Å². The maximum absolute atomic E-state index is 12.2. The molecule has 0 saturated carbocycles. The van der Waals surface area contributed by atoms with Gasteiger partial charge in [-0.3, -0.25) is 9.59 Å². The first kappa shape index (κ1) is 19.8. The van der Waals surface area contributed by atoms with Crippen molar-refractivity contribution >= 4 is 23.6 Å². The molecule has 0 fully saturated rings. The average Bonchev–Trinajstić information content (AvgIpc) is 2.67. The van der Waals surface area contributed by atoms with Crippen LogP contribution in [0.1, 0.15) is 19.4 Å². The first-order valence-corrected chi connectivity index (χ1v) is 9.20. The lowest BCUT2D eigenvalue weighted by Gasteiger charge is -2.16. The number of carbonyl (C=O) groups is 2. The van der Waals surface area contributed by atoms with Crippen LogP contribution in [-0.2, 0) is 20.9 Å². The van der Waals surface area contributed by atoms with E-state index in [0.717, 1.165) is 16.2 Å². The molecule has 1 N–H and O–H groups in total. The zero-order chi connectivity index (χ0) is 18.9. The van der Waals surface area contributed by atoms with Crippen LogP contribution in [-0.4, -0.2) is 30.3 Å². The van der Waals surface area contributed by atoms with E-state index in [0.29, 0.717) is 6.54 Å². The number of benzene rings is 2. The summed E-state index contributed by atoms with van der Waals surface area (Å²) in [6, 6.07) is 17.0. The van der Waals surface area contributed by atoms with Gasteiger partial charge in [0.05, 0.1) is 7.11 Å². The predicted octanol–water partition coefficient (Wildman–Crippen LogP) is 3.42. The Labute approximate surface area is 158 Å². The van der Waals surface area contributed by atoms with Crippen LogP contribution in [0.5, 0.6) is 5.75 Å². The van der Waals surface area contributed by atoms with E-state index < -0.39 is 17.3 Å². The fourth-order valence-corrected chi connectivity index (χ4v) is 3.03. The molecule has 0 unspecified atom stereocenters. The minimum Gasteiger partial charge on any atom is -0.497 e. The number of thioether (sulfide) groups is 1. The van der Waals surface area contributed by atoms with Crippen LogP contribution in [0.25, 0.3) is 0 Å². The third-order valence-corrected chi connectivity index (χ3v) is 4.77.